The van der Waals surface area contributed by atoms with E-state index in [9.17, 15) is 54.9 Å². The predicted octanol–water partition coefficient (Wildman–Crippen LogP) is 10.5. The molecule has 77 heavy (non-hydrogen) atoms. The van der Waals surface area contributed by atoms with Crippen molar-refractivity contribution in [3.8, 4) is 46.0 Å². The SMILES string of the molecule is COC(=O)c1ccc(C2c3cc(c(OC)cc3O)C(c3ccc(C(=O)O)cc3)c3cc(c(OC)cc3O)C(c3ccc(C(=O)O)cc3)c3cc(c(OC)cc3O)C(c3ccc(C(=O)O)cc3)c3cc2c(OC)cc3O)cc1. The summed E-state index contributed by atoms with van der Waals surface area (Å²) in [5.41, 5.74) is 4.26. The Kier molecular flexibility index (Phi) is 14.2. The fourth-order valence-corrected chi connectivity index (χ4v) is 10.4. The molecule has 8 aromatic rings. The molecule has 0 radical (unpaired) electrons. The maximum absolute atomic E-state index is 12.8. The zero-order valence-electron chi connectivity index (χ0n) is 42.0. The summed E-state index contributed by atoms with van der Waals surface area (Å²) >= 11 is 0. The number of carboxylic acids is 3. The van der Waals surface area contributed by atoms with Gasteiger partial charge in [0.05, 0.1) is 57.8 Å². The van der Waals surface area contributed by atoms with Crippen molar-refractivity contribution in [3.05, 3.63) is 235 Å². The molecule has 0 heterocycles. The fraction of sp³-hybridized carbons (Fsp3) is 0.148. The lowest BCUT2D eigenvalue weighted by atomic mass is 9.75. The first-order chi connectivity index (χ1) is 37.0. The van der Waals surface area contributed by atoms with Gasteiger partial charge in [0, 0.05) is 92.4 Å². The summed E-state index contributed by atoms with van der Waals surface area (Å²) in [5.74, 6) is -9.00. The number of fused-ring (bicyclic) bond motifs is 8. The van der Waals surface area contributed by atoms with E-state index in [4.69, 9.17) is 23.7 Å². The number of methoxy groups -OCH3 is 5. The first-order valence-corrected chi connectivity index (χ1v) is 23.8. The Morgan fingerprint density at radius 3 is 0.701 bits per heavy atom. The Morgan fingerprint density at radius 2 is 0.519 bits per heavy atom. The van der Waals surface area contributed by atoms with E-state index < -0.39 is 47.5 Å². The van der Waals surface area contributed by atoms with Crippen LogP contribution in [0.5, 0.6) is 46.0 Å². The summed E-state index contributed by atoms with van der Waals surface area (Å²) in [6.07, 6.45) is 0. The number of phenolic OH excluding ortho intramolecular Hbond substituents is 4. The van der Waals surface area contributed by atoms with E-state index in [0.717, 1.165) is 0 Å². The third kappa shape index (κ3) is 9.59. The molecule has 390 valence electrons. The zero-order chi connectivity index (χ0) is 55.0. The lowest BCUT2D eigenvalue weighted by Gasteiger charge is -2.31. The number of hydrogen-bond acceptors (Lipinski definition) is 13. The minimum Gasteiger partial charge on any atom is -0.507 e. The van der Waals surface area contributed by atoms with Crippen LogP contribution in [0, 0.1) is 0 Å². The maximum Gasteiger partial charge on any atom is 0.337 e. The van der Waals surface area contributed by atoms with Gasteiger partial charge in [-0.2, -0.15) is 0 Å². The Bertz CT molecular complexity index is 3550. The summed E-state index contributed by atoms with van der Waals surface area (Å²) in [5, 5.41) is 79.8. The lowest BCUT2D eigenvalue weighted by Crippen LogP contribution is -2.15. The molecule has 0 fully saturated rings. The average Bonchev–Trinajstić information content (AvgIpc) is 3.49. The van der Waals surface area contributed by atoms with Crippen LogP contribution in [0.4, 0.5) is 0 Å². The van der Waals surface area contributed by atoms with Crippen molar-refractivity contribution in [2.24, 2.45) is 0 Å². The van der Waals surface area contributed by atoms with Crippen molar-refractivity contribution >= 4 is 23.9 Å². The van der Waals surface area contributed by atoms with Gasteiger partial charge in [-0.25, -0.2) is 19.2 Å². The highest BCUT2D eigenvalue weighted by molar-refractivity contribution is 5.90. The third-order valence-corrected chi connectivity index (χ3v) is 14.1. The molecule has 9 rings (SSSR count). The van der Waals surface area contributed by atoms with Gasteiger partial charge in [-0.15, -0.1) is 0 Å². The largest absolute Gasteiger partial charge is 0.507 e. The topological polar surface area (TPSA) is 256 Å². The van der Waals surface area contributed by atoms with Gasteiger partial charge in [0.25, 0.3) is 0 Å². The van der Waals surface area contributed by atoms with Crippen molar-refractivity contribution in [1.82, 2.24) is 0 Å². The van der Waals surface area contributed by atoms with Crippen molar-refractivity contribution < 1.29 is 78.6 Å². The van der Waals surface area contributed by atoms with E-state index >= 15 is 0 Å². The molecule has 0 saturated heterocycles. The van der Waals surface area contributed by atoms with Crippen LogP contribution < -0.4 is 18.9 Å². The Hall–Kier alpha value is -9.96. The minimum atomic E-state index is -1.19. The molecule has 1 aliphatic rings. The van der Waals surface area contributed by atoms with Gasteiger partial charge < -0.3 is 59.4 Å². The van der Waals surface area contributed by atoms with E-state index in [1.165, 1.54) is 96.2 Å². The summed E-state index contributed by atoms with van der Waals surface area (Å²) < 4.78 is 29.2. The van der Waals surface area contributed by atoms with Crippen molar-refractivity contribution in [3.63, 3.8) is 0 Å². The minimum absolute atomic E-state index is 0.0301. The first-order valence-electron chi connectivity index (χ1n) is 23.8. The maximum atomic E-state index is 12.8. The molecule has 8 aromatic carbocycles. The smallest absolute Gasteiger partial charge is 0.337 e. The van der Waals surface area contributed by atoms with Gasteiger partial charge in [-0.05, 0) is 95.1 Å². The quantitative estimate of drug-likeness (QED) is 0.0562. The number of benzene rings is 8. The van der Waals surface area contributed by atoms with Crippen LogP contribution in [0.3, 0.4) is 0 Å². The Labute approximate surface area is 440 Å². The van der Waals surface area contributed by atoms with Crippen molar-refractivity contribution in [1.29, 1.82) is 0 Å². The molecular formula is C61H50O16. The molecule has 4 unspecified atom stereocenters. The molecule has 0 aliphatic heterocycles. The molecule has 0 saturated carbocycles. The highest BCUT2D eigenvalue weighted by Gasteiger charge is 2.36. The number of carbonyl (C=O) groups is 4. The highest BCUT2D eigenvalue weighted by atomic mass is 16.5. The first kappa shape index (κ1) is 51.9. The number of phenols is 4. The number of carboxylic acid groups (broad SMARTS) is 3. The van der Waals surface area contributed by atoms with Crippen LogP contribution in [0.15, 0.2) is 146 Å². The van der Waals surface area contributed by atoms with Crippen LogP contribution in [-0.4, -0.2) is 95.2 Å². The van der Waals surface area contributed by atoms with Gasteiger partial charge in [0.2, 0.25) is 0 Å². The summed E-state index contributed by atoms with van der Waals surface area (Å²) in [6.45, 7) is 0. The second-order valence-electron chi connectivity index (χ2n) is 18.2. The van der Waals surface area contributed by atoms with Crippen molar-refractivity contribution in [2.45, 2.75) is 23.7 Å². The molecule has 0 spiro atoms. The number of esters is 1. The van der Waals surface area contributed by atoms with Crippen molar-refractivity contribution in [2.75, 3.05) is 35.5 Å². The van der Waals surface area contributed by atoms with Gasteiger partial charge in [0.1, 0.15) is 46.0 Å². The van der Waals surface area contributed by atoms with Crippen LogP contribution in [-0.2, 0) is 4.74 Å². The van der Waals surface area contributed by atoms with Crippen LogP contribution in [0.25, 0.3) is 0 Å². The number of aromatic hydroxyl groups is 4. The molecule has 0 aromatic heterocycles. The summed E-state index contributed by atoms with van der Waals surface area (Å²) in [6, 6.07) is 36.8. The van der Waals surface area contributed by atoms with Crippen LogP contribution >= 0.6 is 0 Å². The summed E-state index contributed by atoms with van der Waals surface area (Å²) in [4.78, 5) is 49.6. The number of carbonyl (C=O) groups excluding carboxylic acids is 1. The normalized spacial score (nSPS) is 15.6. The van der Waals surface area contributed by atoms with Gasteiger partial charge >= 0.3 is 23.9 Å². The standard InChI is InChI=1S/C61H50O16/c1-73-50-27-47(63)39-23-42(50)54(30-6-14-34(15-7-30)58(66)67)38-22-43(51(74-2)26-46(38)62)56(32-10-18-36(19-11-32)60(70)71)40-24-45(53(76-4)28-48(40)64)57(33-12-20-37(21-13-33)61(72)77-5)41-25-44(52(75-3)29-49(41)65)55(39)31-8-16-35(17-9-31)59(68)69/h6-29,54-57,62-65H,1-5H3,(H,66,67)(H,68,69)(H,70,71). The highest BCUT2D eigenvalue weighted by Crippen LogP contribution is 2.54. The molecule has 1 aliphatic carbocycles. The number of rotatable bonds is 12. The van der Waals surface area contributed by atoms with E-state index in [2.05, 4.69) is 0 Å². The molecule has 16 heteroatoms. The number of aromatic carboxylic acids is 3. The Morgan fingerprint density at radius 1 is 0.312 bits per heavy atom. The zero-order valence-corrected chi connectivity index (χ0v) is 42.0. The van der Waals surface area contributed by atoms with Gasteiger partial charge in [-0.1, -0.05) is 48.5 Å². The van der Waals surface area contributed by atoms with E-state index in [0.29, 0.717) is 44.5 Å². The molecule has 7 N–H and O–H groups in total. The third-order valence-electron chi connectivity index (χ3n) is 14.1. The van der Waals surface area contributed by atoms with Gasteiger partial charge in [0.15, 0.2) is 0 Å². The van der Waals surface area contributed by atoms with Gasteiger partial charge in [-0.3, -0.25) is 0 Å². The second-order valence-corrected chi connectivity index (χ2v) is 18.2. The molecule has 16 nitrogen and oxygen atoms in total. The van der Waals surface area contributed by atoms with Crippen LogP contribution in [0.2, 0.25) is 0 Å². The fourth-order valence-electron chi connectivity index (χ4n) is 10.4. The number of ether oxygens (including phenoxy) is 5. The van der Waals surface area contributed by atoms with Crippen LogP contribution in [0.1, 0.15) is 132 Å². The lowest BCUT2D eigenvalue weighted by molar-refractivity contribution is 0.0598. The Balaban J connectivity index is 1.51. The van der Waals surface area contributed by atoms with E-state index in [1.807, 2.05) is 0 Å². The van der Waals surface area contributed by atoms with E-state index in [-0.39, 0.29) is 90.5 Å². The molecule has 4 atom stereocenters. The molecule has 8 bridgehead atoms. The molecular weight excluding hydrogens is 989 g/mol. The molecule has 0 amide bonds. The average molecular weight is 1040 g/mol. The second kappa shape index (κ2) is 21.1. The number of hydrogen-bond donors (Lipinski definition) is 7. The summed E-state index contributed by atoms with van der Waals surface area (Å²) in [7, 11) is 6.85. The predicted molar refractivity (Wildman–Crippen MR) is 280 cm³/mol. The monoisotopic (exact) mass is 1040 g/mol. The van der Waals surface area contributed by atoms with E-state index in [1.54, 1.807) is 84.9 Å².